The summed E-state index contributed by atoms with van der Waals surface area (Å²) in [5, 5.41) is 20.0. The SMILES string of the molecule is O[C@@H](C/C=C/c1ccccc1)[C@@H](O)c1ccccc1. The Labute approximate surface area is 113 Å². The molecule has 0 amide bonds. The molecule has 98 valence electrons. The molecule has 0 aromatic heterocycles. The van der Waals surface area contributed by atoms with E-state index < -0.39 is 12.2 Å². The van der Waals surface area contributed by atoms with Gasteiger partial charge in [-0.15, -0.1) is 0 Å². The highest BCUT2D eigenvalue weighted by Crippen LogP contribution is 2.19. The molecule has 2 N–H and O–H groups in total. The molecule has 0 heterocycles. The first-order valence-electron chi connectivity index (χ1n) is 6.40. The van der Waals surface area contributed by atoms with Crippen LogP contribution in [-0.4, -0.2) is 16.3 Å². The Kier molecular flexibility index (Phi) is 4.90. The fraction of sp³-hybridized carbons (Fsp3) is 0.176. The summed E-state index contributed by atoms with van der Waals surface area (Å²) in [6.07, 6.45) is 2.61. The van der Waals surface area contributed by atoms with Gasteiger partial charge in [0.1, 0.15) is 6.10 Å². The first-order valence-corrected chi connectivity index (χ1v) is 6.40. The van der Waals surface area contributed by atoms with Crippen molar-refractivity contribution < 1.29 is 10.2 Å². The van der Waals surface area contributed by atoms with Gasteiger partial charge in [-0.25, -0.2) is 0 Å². The van der Waals surface area contributed by atoms with Crippen molar-refractivity contribution in [1.82, 2.24) is 0 Å². The summed E-state index contributed by atoms with van der Waals surface area (Å²) in [6.45, 7) is 0. The third-order valence-corrected chi connectivity index (χ3v) is 2.99. The molecule has 0 radical (unpaired) electrons. The molecule has 0 unspecified atom stereocenters. The van der Waals surface area contributed by atoms with Crippen molar-refractivity contribution in [3.05, 3.63) is 77.9 Å². The highest BCUT2D eigenvalue weighted by molar-refractivity contribution is 5.48. The number of aliphatic hydroxyl groups excluding tert-OH is 2. The predicted octanol–water partition coefficient (Wildman–Crippen LogP) is 3.18. The molecule has 0 aliphatic rings. The molecular formula is C17H18O2. The topological polar surface area (TPSA) is 40.5 Å². The summed E-state index contributed by atoms with van der Waals surface area (Å²) < 4.78 is 0. The standard InChI is InChI=1S/C17H18O2/c18-16(17(19)15-11-5-2-6-12-15)13-7-10-14-8-3-1-4-9-14/h1-12,16-19H,13H2/b10-7+/t16-,17-/m0/s1. The molecular weight excluding hydrogens is 236 g/mol. The molecule has 0 aliphatic heterocycles. The second-order valence-corrected chi connectivity index (χ2v) is 4.47. The van der Waals surface area contributed by atoms with Crippen LogP contribution in [0.25, 0.3) is 6.08 Å². The molecule has 2 heteroatoms. The molecule has 0 aliphatic carbocycles. The van der Waals surface area contributed by atoms with Crippen molar-refractivity contribution in [2.24, 2.45) is 0 Å². The Bertz CT molecular complexity index is 505. The van der Waals surface area contributed by atoms with Crippen molar-refractivity contribution in [2.75, 3.05) is 0 Å². The summed E-state index contributed by atoms with van der Waals surface area (Å²) in [5.41, 5.74) is 1.83. The van der Waals surface area contributed by atoms with Crippen LogP contribution in [0.15, 0.2) is 66.7 Å². The van der Waals surface area contributed by atoms with Gasteiger partial charge in [-0.05, 0) is 17.5 Å². The van der Waals surface area contributed by atoms with Crippen LogP contribution >= 0.6 is 0 Å². The van der Waals surface area contributed by atoms with Gasteiger partial charge in [-0.2, -0.15) is 0 Å². The van der Waals surface area contributed by atoms with E-state index in [0.29, 0.717) is 6.42 Å². The normalized spacial score (nSPS) is 14.4. The summed E-state index contributed by atoms with van der Waals surface area (Å²) in [6, 6.07) is 19.1. The van der Waals surface area contributed by atoms with Gasteiger partial charge in [-0.1, -0.05) is 72.8 Å². The van der Waals surface area contributed by atoms with E-state index in [4.69, 9.17) is 0 Å². The van der Waals surface area contributed by atoms with Gasteiger partial charge in [0.25, 0.3) is 0 Å². The first kappa shape index (κ1) is 13.5. The summed E-state index contributed by atoms with van der Waals surface area (Å²) in [5.74, 6) is 0. The molecule has 0 bridgehead atoms. The highest BCUT2D eigenvalue weighted by atomic mass is 16.3. The minimum absolute atomic E-state index is 0.422. The van der Waals surface area contributed by atoms with Gasteiger partial charge in [-0.3, -0.25) is 0 Å². The van der Waals surface area contributed by atoms with Gasteiger partial charge in [0.15, 0.2) is 0 Å². The molecule has 0 spiro atoms. The van der Waals surface area contributed by atoms with Crippen LogP contribution in [0.1, 0.15) is 23.7 Å². The fourth-order valence-electron chi connectivity index (χ4n) is 1.91. The lowest BCUT2D eigenvalue weighted by molar-refractivity contribution is 0.0207. The summed E-state index contributed by atoms with van der Waals surface area (Å²) >= 11 is 0. The van der Waals surface area contributed by atoms with Crippen molar-refractivity contribution in [3.8, 4) is 0 Å². The Morgan fingerprint density at radius 3 is 2.05 bits per heavy atom. The summed E-state index contributed by atoms with van der Waals surface area (Å²) in [4.78, 5) is 0. The maximum absolute atomic E-state index is 10.0. The third kappa shape index (κ3) is 4.05. The molecule has 0 saturated carbocycles. The molecule has 2 nitrogen and oxygen atoms in total. The molecule has 2 aromatic rings. The van der Waals surface area contributed by atoms with E-state index in [0.717, 1.165) is 11.1 Å². The second kappa shape index (κ2) is 6.88. The molecule has 0 saturated heterocycles. The van der Waals surface area contributed by atoms with Crippen LogP contribution in [0, 0.1) is 0 Å². The Morgan fingerprint density at radius 2 is 1.42 bits per heavy atom. The van der Waals surface area contributed by atoms with Gasteiger partial charge < -0.3 is 10.2 Å². The fourth-order valence-corrected chi connectivity index (χ4v) is 1.91. The zero-order valence-corrected chi connectivity index (χ0v) is 10.7. The van der Waals surface area contributed by atoms with Crippen LogP contribution < -0.4 is 0 Å². The molecule has 2 atom stereocenters. The largest absolute Gasteiger partial charge is 0.390 e. The minimum Gasteiger partial charge on any atom is -0.390 e. The third-order valence-electron chi connectivity index (χ3n) is 2.99. The van der Waals surface area contributed by atoms with E-state index in [2.05, 4.69) is 0 Å². The van der Waals surface area contributed by atoms with E-state index in [1.165, 1.54) is 0 Å². The first-order chi connectivity index (χ1) is 9.27. The van der Waals surface area contributed by atoms with Crippen LogP contribution in [0.5, 0.6) is 0 Å². The van der Waals surface area contributed by atoms with E-state index in [1.807, 2.05) is 72.8 Å². The quantitative estimate of drug-likeness (QED) is 0.860. The van der Waals surface area contributed by atoms with Crippen LogP contribution in [0.3, 0.4) is 0 Å². The van der Waals surface area contributed by atoms with Crippen molar-refractivity contribution in [1.29, 1.82) is 0 Å². The number of benzene rings is 2. The van der Waals surface area contributed by atoms with Crippen molar-refractivity contribution >= 4 is 6.08 Å². The zero-order valence-electron chi connectivity index (χ0n) is 10.7. The predicted molar refractivity (Wildman–Crippen MR) is 77.5 cm³/mol. The van der Waals surface area contributed by atoms with Gasteiger partial charge in [0, 0.05) is 0 Å². The van der Waals surface area contributed by atoms with E-state index in [-0.39, 0.29) is 0 Å². The van der Waals surface area contributed by atoms with Crippen LogP contribution in [0.2, 0.25) is 0 Å². The summed E-state index contributed by atoms with van der Waals surface area (Å²) in [7, 11) is 0. The molecule has 0 fully saturated rings. The van der Waals surface area contributed by atoms with Gasteiger partial charge in [0.05, 0.1) is 6.10 Å². The Balaban J connectivity index is 1.91. The monoisotopic (exact) mass is 254 g/mol. The van der Waals surface area contributed by atoms with E-state index >= 15 is 0 Å². The number of rotatable bonds is 5. The smallest absolute Gasteiger partial charge is 0.105 e. The zero-order chi connectivity index (χ0) is 13.5. The maximum Gasteiger partial charge on any atom is 0.105 e. The Hall–Kier alpha value is -1.90. The lowest BCUT2D eigenvalue weighted by Crippen LogP contribution is -2.17. The number of hydrogen-bond acceptors (Lipinski definition) is 2. The minimum atomic E-state index is -0.846. The number of hydrogen-bond donors (Lipinski definition) is 2. The van der Waals surface area contributed by atoms with Gasteiger partial charge >= 0.3 is 0 Å². The average molecular weight is 254 g/mol. The molecule has 19 heavy (non-hydrogen) atoms. The average Bonchev–Trinajstić information content (AvgIpc) is 2.48. The molecule has 2 rings (SSSR count). The second-order valence-electron chi connectivity index (χ2n) is 4.47. The van der Waals surface area contributed by atoms with Gasteiger partial charge in [0.2, 0.25) is 0 Å². The van der Waals surface area contributed by atoms with Crippen molar-refractivity contribution in [3.63, 3.8) is 0 Å². The van der Waals surface area contributed by atoms with Crippen molar-refractivity contribution in [2.45, 2.75) is 18.6 Å². The van der Waals surface area contributed by atoms with E-state index in [1.54, 1.807) is 0 Å². The van der Waals surface area contributed by atoms with Crippen LogP contribution in [-0.2, 0) is 0 Å². The maximum atomic E-state index is 10.0. The lowest BCUT2D eigenvalue weighted by atomic mass is 10.0. The molecule has 2 aromatic carbocycles. The highest BCUT2D eigenvalue weighted by Gasteiger charge is 2.16. The lowest BCUT2D eigenvalue weighted by Gasteiger charge is -2.16. The Morgan fingerprint density at radius 1 is 0.842 bits per heavy atom. The number of aliphatic hydroxyl groups is 2. The van der Waals surface area contributed by atoms with E-state index in [9.17, 15) is 10.2 Å². The van der Waals surface area contributed by atoms with Crippen LogP contribution in [0.4, 0.5) is 0 Å².